The van der Waals surface area contributed by atoms with Crippen LogP contribution >= 0.6 is 0 Å². The maximum atomic E-state index is 14.0. The van der Waals surface area contributed by atoms with Crippen LogP contribution in [0.25, 0.3) is 10.9 Å². The highest BCUT2D eigenvalue weighted by atomic mass is 16.6. The Hall–Kier alpha value is -5.59. The number of nitrogens with zero attached hydrogens (tertiary/aromatic N) is 5. The molecule has 7 rings (SSSR count). The molecule has 3 N–H and O–H groups in total. The van der Waals surface area contributed by atoms with Gasteiger partial charge in [-0.05, 0) is 47.7 Å². The third kappa shape index (κ3) is 7.30. The molecule has 0 radical (unpaired) electrons. The number of carbonyl (C=O) groups is 4. The van der Waals surface area contributed by atoms with Crippen LogP contribution in [0, 0.1) is 0 Å². The number of benzene rings is 3. The number of piperidine rings is 1. The minimum atomic E-state index is -0.810. The van der Waals surface area contributed by atoms with Gasteiger partial charge in [0.2, 0.25) is 5.91 Å². The molecule has 1 aromatic heterocycles. The molecule has 13 nitrogen and oxygen atoms in total. The van der Waals surface area contributed by atoms with Crippen LogP contribution in [0.4, 0.5) is 20.1 Å². The number of anilines is 1. The molecule has 1 atom stereocenters. The number of para-hydroxylation sites is 1. The summed E-state index contributed by atoms with van der Waals surface area (Å²) in [5, 5.41) is 14.0. The van der Waals surface area contributed by atoms with Crippen molar-refractivity contribution < 1.29 is 23.9 Å². The number of urea groups is 2. The highest BCUT2D eigenvalue weighted by Crippen LogP contribution is 2.28. The number of rotatable bonds is 7. The number of fused-ring (bicyclic) bond motifs is 2. The lowest BCUT2D eigenvalue weighted by Crippen LogP contribution is -2.58. The molecule has 3 aromatic carbocycles. The molecule has 1 unspecified atom stereocenters. The summed E-state index contributed by atoms with van der Waals surface area (Å²) in [6, 6.07) is 21.9. The Kier molecular flexibility index (Phi) is 9.31. The van der Waals surface area contributed by atoms with E-state index in [1.165, 1.54) is 0 Å². The minimum absolute atomic E-state index is 0.00667. The Bertz CT molecular complexity index is 1810. The normalized spacial score (nSPS) is 17.3. The number of piperazine rings is 1. The molecule has 3 aliphatic rings. The molecule has 13 heteroatoms. The van der Waals surface area contributed by atoms with Gasteiger partial charge in [0.05, 0.1) is 11.7 Å². The smallest absolute Gasteiger partial charge is 0.410 e. The molecule has 0 spiro atoms. The van der Waals surface area contributed by atoms with Gasteiger partial charge in [0.25, 0.3) is 0 Å². The van der Waals surface area contributed by atoms with E-state index in [2.05, 4.69) is 20.8 Å². The standard InChI is InChI=1S/C36H40N8O5/c45-33(41-16-18-43(19-17-41)36(48)49-24-25-6-2-1-3-7-25)32(21-26-10-11-31-28(20-26)22-37-40-31)39-34(46)42-14-12-29(13-15-42)44-23-27-8-4-5-9-30(27)38-35(44)47/h1-11,20,22,29,32H,12-19,21,23-24H2,(H,37,40)(H,38,47)(H,39,46). The summed E-state index contributed by atoms with van der Waals surface area (Å²) in [6.45, 7) is 2.99. The van der Waals surface area contributed by atoms with Gasteiger partial charge in [-0.2, -0.15) is 5.10 Å². The molecule has 0 saturated carbocycles. The van der Waals surface area contributed by atoms with Gasteiger partial charge in [0, 0.05) is 69.3 Å². The van der Waals surface area contributed by atoms with Crippen LogP contribution in [-0.2, 0) is 29.1 Å². The largest absolute Gasteiger partial charge is 0.445 e. The van der Waals surface area contributed by atoms with Gasteiger partial charge < -0.3 is 35.0 Å². The molecule has 6 amide bonds. The van der Waals surface area contributed by atoms with E-state index >= 15 is 0 Å². The Morgan fingerprint density at radius 3 is 2.39 bits per heavy atom. The van der Waals surface area contributed by atoms with Crippen molar-refractivity contribution in [2.24, 2.45) is 0 Å². The van der Waals surface area contributed by atoms with E-state index in [0.717, 1.165) is 33.3 Å². The second kappa shape index (κ2) is 14.3. The molecule has 49 heavy (non-hydrogen) atoms. The lowest BCUT2D eigenvalue weighted by Gasteiger charge is -2.41. The Morgan fingerprint density at radius 1 is 0.857 bits per heavy atom. The monoisotopic (exact) mass is 664 g/mol. The number of nitrogens with one attached hydrogen (secondary N) is 3. The number of H-pyrrole nitrogens is 1. The first-order valence-corrected chi connectivity index (χ1v) is 16.8. The first-order chi connectivity index (χ1) is 23.9. The van der Waals surface area contributed by atoms with Gasteiger partial charge in [0.15, 0.2) is 0 Å². The van der Waals surface area contributed by atoms with E-state index in [0.29, 0.717) is 65.1 Å². The number of carbonyl (C=O) groups excluding carboxylic acids is 4. The van der Waals surface area contributed by atoms with Crippen LogP contribution in [0.5, 0.6) is 0 Å². The topological polar surface area (TPSA) is 143 Å². The summed E-state index contributed by atoms with van der Waals surface area (Å²) in [4.78, 5) is 60.2. The molecular weight excluding hydrogens is 624 g/mol. The molecule has 254 valence electrons. The quantitative estimate of drug-likeness (QED) is 0.271. The maximum Gasteiger partial charge on any atom is 0.410 e. The number of amides is 6. The van der Waals surface area contributed by atoms with Gasteiger partial charge in [0.1, 0.15) is 12.6 Å². The lowest BCUT2D eigenvalue weighted by molar-refractivity contribution is -0.134. The average Bonchev–Trinajstić information content (AvgIpc) is 3.62. The number of hydrogen-bond donors (Lipinski definition) is 3. The predicted octanol–water partition coefficient (Wildman–Crippen LogP) is 4.18. The zero-order valence-electron chi connectivity index (χ0n) is 27.2. The van der Waals surface area contributed by atoms with E-state index < -0.39 is 12.1 Å². The third-order valence-electron chi connectivity index (χ3n) is 9.65. The fourth-order valence-electron chi connectivity index (χ4n) is 6.83. The van der Waals surface area contributed by atoms with E-state index in [4.69, 9.17) is 4.74 Å². The Morgan fingerprint density at radius 2 is 1.59 bits per heavy atom. The fourth-order valence-corrected chi connectivity index (χ4v) is 6.83. The van der Waals surface area contributed by atoms with Crippen molar-refractivity contribution >= 4 is 40.7 Å². The first kappa shape index (κ1) is 32.0. The molecule has 2 saturated heterocycles. The molecule has 0 aliphatic carbocycles. The van der Waals surface area contributed by atoms with E-state index in [-0.39, 0.29) is 30.6 Å². The van der Waals surface area contributed by atoms with Gasteiger partial charge in [-0.3, -0.25) is 9.89 Å². The van der Waals surface area contributed by atoms with Crippen molar-refractivity contribution in [2.75, 3.05) is 44.6 Å². The van der Waals surface area contributed by atoms with Crippen LogP contribution in [0.2, 0.25) is 0 Å². The second-order valence-electron chi connectivity index (χ2n) is 12.8. The number of aromatic amines is 1. The summed E-state index contributed by atoms with van der Waals surface area (Å²) >= 11 is 0. The summed E-state index contributed by atoms with van der Waals surface area (Å²) in [6.07, 6.45) is 2.90. The zero-order valence-corrected chi connectivity index (χ0v) is 27.2. The van der Waals surface area contributed by atoms with Gasteiger partial charge in [-0.25, -0.2) is 14.4 Å². The Balaban J connectivity index is 0.972. The Labute approximate surface area is 284 Å². The molecule has 2 fully saturated rings. The molecular formula is C36H40N8O5. The van der Waals surface area contributed by atoms with Gasteiger partial charge in [-0.1, -0.05) is 54.6 Å². The van der Waals surface area contributed by atoms with Crippen molar-refractivity contribution in [3.8, 4) is 0 Å². The number of hydrogen-bond acceptors (Lipinski definition) is 6. The van der Waals surface area contributed by atoms with Gasteiger partial charge >= 0.3 is 18.2 Å². The van der Waals surface area contributed by atoms with Crippen molar-refractivity contribution in [2.45, 2.75) is 44.5 Å². The number of aromatic nitrogens is 2. The highest BCUT2D eigenvalue weighted by molar-refractivity contribution is 5.92. The lowest BCUT2D eigenvalue weighted by atomic mass is 10.0. The minimum Gasteiger partial charge on any atom is -0.445 e. The molecule has 4 aromatic rings. The second-order valence-corrected chi connectivity index (χ2v) is 12.8. The predicted molar refractivity (Wildman–Crippen MR) is 182 cm³/mol. The van der Waals surface area contributed by atoms with Gasteiger partial charge in [-0.15, -0.1) is 0 Å². The summed E-state index contributed by atoms with van der Waals surface area (Å²) < 4.78 is 5.49. The summed E-state index contributed by atoms with van der Waals surface area (Å²) in [5.41, 5.74) is 4.60. The van der Waals surface area contributed by atoms with Crippen LogP contribution < -0.4 is 10.6 Å². The SMILES string of the molecule is O=C(NC(Cc1ccc2[nH]ncc2c1)C(=O)N1CCN(C(=O)OCc2ccccc2)CC1)N1CCC(N2Cc3ccccc3NC2=O)CC1. The van der Waals surface area contributed by atoms with E-state index in [1.54, 1.807) is 20.9 Å². The van der Waals surface area contributed by atoms with Crippen LogP contribution in [0.1, 0.15) is 29.5 Å². The molecule has 0 bridgehead atoms. The van der Waals surface area contributed by atoms with Crippen LogP contribution in [0.3, 0.4) is 0 Å². The van der Waals surface area contributed by atoms with Crippen molar-refractivity contribution in [1.29, 1.82) is 0 Å². The van der Waals surface area contributed by atoms with Crippen molar-refractivity contribution in [1.82, 2.24) is 35.1 Å². The zero-order chi connectivity index (χ0) is 33.7. The molecule has 3 aliphatic heterocycles. The first-order valence-electron chi connectivity index (χ1n) is 16.8. The van der Waals surface area contributed by atoms with Crippen LogP contribution in [0.15, 0.2) is 79.0 Å². The maximum absolute atomic E-state index is 14.0. The number of ether oxygens (including phenoxy) is 1. The van der Waals surface area contributed by atoms with Crippen molar-refractivity contribution in [3.63, 3.8) is 0 Å². The summed E-state index contributed by atoms with van der Waals surface area (Å²) in [5.74, 6) is -0.198. The fraction of sp³-hybridized carbons (Fsp3) is 0.361. The third-order valence-corrected chi connectivity index (χ3v) is 9.65. The average molecular weight is 665 g/mol. The molecule has 4 heterocycles. The summed E-state index contributed by atoms with van der Waals surface area (Å²) in [7, 11) is 0. The van der Waals surface area contributed by atoms with E-state index in [9.17, 15) is 19.2 Å². The number of likely N-dealkylation sites (tertiary alicyclic amines) is 1. The highest BCUT2D eigenvalue weighted by Gasteiger charge is 2.35. The van der Waals surface area contributed by atoms with E-state index in [1.807, 2.05) is 77.7 Å². The van der Waals surface area contributed by atoms with Crippen LogP contribution in [-0.4, -0.2) is 105 Å². The van der Waals surface area contributed by atoms with Crippen molar-refractivity contribution in [3.05, 3.63) is 95.7 Å².